The third-order valence-electron chi connectivity index (χ3n) is 2.58. The number of anilines is 1. The number of piperidine rings is 1. The largest absolute Gasteiger partial charge is 0.354 e. The molecule has 1 fully saturated rings. The van der Waals surface area contributed by atoms with Gasteiger partial charge >= 0.3 is 0 Å². The third-order valence-corrected chi connectivity index (χ3v) is 2.58. The zero-order valence-corrected chi connectivity index (χ0v) is 9.21. The Morgan fingerprint density at radius 2 is 2.07 bits per heavy atom. The maximum atomic E-state index is 13.3. The number of hydrogen-bond acceptors (Lipinski definition) is 3. The SMILES string of the molecule is Cl.NC1CCN(c2ncccc2F)CC1. The fourth-order valence-electron chi connectivity index (χ4n) is 1.72. The summed E-state index contributed by atoms with van der Waals surface area (Å²) in [6.07, 6.45) is 3.44. The lowest BCUT2D eigenvalue weighted by Crippen LogP contribution is -2.40. The van der Waals surface area contributed by atoms with Crippen LogP contribution in [0, 0.1) is 5.82 Å². The molecule has 5 heteroatoms. The van der Waals surface area contributed by atoms with Gasteiger partial charge < -0.3 is 10.6 Å². The van der Waals surface area contributed by atoms with Crippen LogP contribution in [0.2, 0.25) is 0 Å². The van der Waals surface area contributed by atoms with Gasteiger partial charge in [0.2, 0.25) is 0 Å². The van der Waals surface area contributed by atoms with Crippen molar-refractivity contribution >= 4 is 18.2 Å². The Hall–Kier alpha value is -0.870. The van der Waals surface area contributed by atoms with Crippen molar-refractivity contribution in [3.05, 3.63) is 24.1 Å². The molecule has 0 radical (unpaired) electrons. The molecule has 0 aliphatic carbocycles. The van der Waals surface area contributed by atoms with E-state index in [1.807, 2.05) is 4.90 Å². The second kappa shape index (κ2) is 5.28. The number of halogens is 2. The molecule has 3 nitrogen and oxygen atoms in total. The number of nitrogens with zero attached hydrogens (tertiary/aromatic N) is 2. The summed E-state index contributed by atoms with van der Waals surface area (Å²) in [4.78, 5) is 5.99. The van der Waals surface area contributed by atoms with E-state index < -0.39 is 0 Å². The number of pyridine rings is 1. The van der Waals surface area contributed by atoms with Crippen LogP contribution in [0.3, 0.4) is 0 Å². The lowest BCUT2D eigenvalue weighted by atomic mass is 10.1. The zero-order chi connectivity index (χ0) is 9.97. The Morgan fingerprint density at radius 1 is 1.40 bits per heavy atom. The molecule has 1 aliphatic heterocycles. The fourth-order valence-corrected chi connectivity index (χ4v) is 1.72. The van der Waals surface area contributed by atoms with E-state index in [4.69, 9.17) is 5.73 Å². The summed E-state index contributed by atoms with van der Waals surface area (Å²) in [5.41, 5.74) is 5.77. The standard InChI is InChI=1S/C10H14FN3.ClH/c11-9-2-1-5-13-10(9)14-6-3-8(12)4-7-14;/h1-2,5,8H,3-4,6-7,12H2;1H. The van der Waals surface area contributed by atoms with Crippen molar-refractivity contribution in [3.63, 3.8) is 0 Å². The Kier molecular flexibility index (Phi) is 4.29. The Morgan fingerprint density at radius 3 is 2.67 bits per heavy atom. The monoisotopic (exact) mass is 231 g/mol. The summed E-state index contributed by atoms with van der Waals surface area (Å²) in [7, 11) is 0. The van der Waals surface area contributed by atoms with Gasteiger partial charge in [-0.05, 0) is 25.0 Å². The molecule has 0 saturated carbocycles. The number of aromatic nitrogens is 1. The minimum Gasteiger partial charge on any atom is -0.354 e. The maximum absolute atomic E-state index is 13.3. The molecule has 0 bridgehead atoms. The van der Waals surface area contributed by atoms with Gasteiger partial charge in [-0.2, -0.15) is 0 Å². The van der Waals surface area contributed by atoms with Crippen LogP contribution in [0.5, 0.6) is 0 Å². The minimum absolute atomic E-state index is 0. The molecule has 0 aromatic carbocycles. The fraction of sp³-hybridized carbons (Fsp3) is 0.500. The lowest BCUT2D eigenvalue weighted by molar-refractivity contribution is 0.490. The van der Waals surface area contributed by atoms with Crippen molar-refractivity contribution < 1.29 is 4.39 Å². The van der Waals surface area contributed by atoms with E-state index in [0.29, 0.717) is 5.82 Å². The molecular weight excluding hydrogens is 217 g/mol. The molecule has 1 aromatic rings. The number of hydrogen-bond donors (Lipinski definition) is 1. The van der Waals surface area contributed by atoms with Gasteiger partial charge in [-0.1, -0.05) is 0 Å². The van der Waals surface area contributed by atoms with Gasteiger partial charge in [0, 0.05) is 25.3 Å². The van der Waals surface area contributed by atoms with Gasteiger partial charge in [-0.3, -0.25) is 0 Å². The predicted molar refractivity (Wildman–Crippen MR) is 60.9 cm³/mol. The van der Waals surface area contributed by atoms with Crippen LogP contribution in [0.1, 0.15) is 12.8 Å². The average molecular weight is 232 g/mol. The summed E-state index contributed by atoms with van der Waals surface area (Å²) in [5, 5.41) is 0. The van der Waals surface area contributed by atoms with Crippen molar-refractivity contribution in [1.82, 2.24) is 4.98 Å². The maximum Gasteiger partial charge on any atom is 0.165 e. The first-order chi connectivity index (χ1) is 6.77. The highest BCUT2D eigenvalue weighted by atomic mass is 35.5. The average Bonchev–Trinajstić information content (AvgIpc) is 2.20. The smallest absolute Gasteiger partial charge is 0.165 e. The van der Waals surface area contributed by atoms with Crippen molar-refractivity contribution in [2.24, 2.45) is 5.73 Å². The molecular formula is C10H15ClFN3. The van der Waals surface area contributed by atoms with Crippen LogP contribution in [-0.4, -0.2) is 24.1 Å². The summed E-state index contributed by atoms with van der Waals surface area (Å²) >= 11 is 0. The molecule has 1 aromatic heterocycles. The molecule has 15 heavy (non-hydrogen) atoms. The highest BCUT2D eigenvalue weighted by Crippen LogP contribution is 2.19. The molecule has 0 atom stereocenters. The van der Waals surface area contributed by atoms with Crippen molar-refractivity contribution in [2.75, 3.05) is 18.0 Å². The van der Waals surface area contributed by atoms with E-state index in [2.05, 4.69) is 4.98 Å². The van der Waals surface area contributed by atoms with Crippen LogP contribution < -0.4 is 10.6 Å². The van der Waals surface area contributed by atoms with Crippen molar-refractivity contribution in [3.8, 4) is 0 Å². The van der Waals surface area contributed by atoms with Gasteiger partial charge in [0.05, 0.1) is 0 Å². The molecule has 1 aliphatic rings. The van der Waals surface area contributed by atoms with E-state index in [0.717, 1.165) is 25.9 Å². The predicted octanol–water partition coefficient (Wildman–Crippen LogP) is 1.57. The van der Waals surface area contributed by atoms with Gasteiger partial charge in [0.1, 0.15) is 0 Å². The van der Waals surface area contributed by atoms with Crippen molar-refractivity contribution in [2.45, 2.75) is 18.9 Å². The molecule has 84 valence electrons. The normalized spacial score (nSPS) is 17.3. The Bertz CT molecular complexity index is 313. The molecule has 2 N–H and O–H groups in total. The van der Waals surface area contributed by atoms with Gasteiger partial charge in [-0.15, -0.1) is 12.4 Å². The molecule has 0 amide bonds. The first-order valence-electron chi connectivity index (χ1n) is 4.88. The molecule has 0 unspecified atom stereocenters. The van der Waals surface area contributed by atoms with Crippen molar-refractivity contribution in [1.29, 1.82) is 0 Å². The topological polar surface area (TPSA) is 42.1 Å². The van der Waals surface area contributed by atoms with E-state index in [1.165, 1.54) is 6.07 Å². The Labute approximate surface area is 94.9 Å². The summed E-state index contributed by atoms with van der Waals surface area (Å²) in [6.45, 7) is 1.60. The lowest BCUT2D eigenvalue weighted by Gasteiger charge is -2.31. The third kappa shape index (κ3) is 2.79. The minimum atomic E-state index is -0.247. The highest BCUT2D eigenvalue weighted by Gasteiger charge is 2.19. The van der Waals surface area contributed by atoms with Gasteiger partial charge in [0.15, 0.2) is 11.6 Å². The molecule has 1 saturated heterocycles. The van der Waals surface area contributed by atoms with E-state index >= 15 is 0 Å². The first-order valence-corrected chi connectivity index (χ1v) is 4.88. The van der Waals surface area contributed by atoms with E-state index in [-0.39, 0.29) is 24.3 Å². The highest BCUT2D eigenvalue weighted by molar-refractivity contribution is 5.85. The van der Waals surface area contributed by atoms with Crippen LogP contribution in [0.15, 0.2) is 18.3 Å². The summed E-state index contributed by atoms with van der Waals surface area (Å²) < 4.78 is 13.3. The quantitative estimate of drug-likeness (QED) is 0.798. The molecule has 0 spiro atoms. The Balaban J connectivity index is 0.00000112. The van der Waals surface area contributed by atoms with Gasteiger partial charge in [-0.25, -0.2) is 9.37 Å². The number of nitrogens with two attached hydrogens (primary N) is 1. The molecule has 2 rings (SSSR count). The summed E-state index contributed by atoms with van der Waals surface area (Å²) in [5.74, 6) is 0.211. The van der Waals surface area contributed by atoms with Gasteiger partial charge in [0.25, 0.3) is 0 Å². The second-order valence-electron chi connectivity index (χ2n) is 3.63. The van der Waals surface area contributed by atoms with Crippen LogP contribution in [0.25, 0.3) is 0 Å². The summed E-state index contributed by atoms with van der Waals surface area (Å²) in [6, 6.07) is 3.31. The van der Waals surface area contributed by atoms with E-state index in [1.54, 1.807) is 12.3 Å². The zero-order valence-electron chi connectivity index (χ0n) is 8.40. The van der Waals surface area contributed by atoms with E-state index in [9.17, 15) is 4.39 Å². The number of rotatable bonds is 1. The van der Waals surface area contributed by atoms with Crippen LogP contribution >= 0.6 is 12.4 Å². The first kappa shape index (κ1) is 12.2. The van der Waals surface area contributed by atoms with Crippen LogP contribution in [-0.2, 0) is 0 Å². The van der Waals surface area contributed by atoms with Crippen LogP contribution in [0.4, 0.5) is 10.2 Å². The second-order valence-corrected chi connectivity index (χ2v) is 3.63. The molecule has 2 heterocycles.